The minimum atomic E-state index is -0.423. The second-order valence-electron chi connectivity index (χ2n) is 5.06. The maximum atomic E-state index is 10.9. The molecule has 0 amide bonds. The fourth-order valence-electron chi connectivity index (χ4n) is 2.22. The van der Waals surface area contributed by atoms with Gasteiger partial charge < -0.3 is 15.4 Å². The van der Waals surface area contributed by atoms with Crippen LogP contribution in [0.1, 0.15) is 13.8 Å². The zero-order valence-corrected chi connectivity index (χ0v) is 10.5. The van der Waals surface area contributed by atoms with Crippen LogP contribution in [0, 0.1) is 10.1 Å². The van der Waals surface area contributed by atoms with Crippen molar-refractivity contribution in [1.29, 1.82) is 0 Å². The van der Waals surface area contributed by atoms with Crippen LogP contribution < -0.4 is 10.6 Å². The van der Waals surface area contributed by atoms with Gasteiger partial charge in [-0.15, -0.1) is 0 Å². The van der Waals surface area contributed by atoms with Crippen LogP contribution in [0.25, 0.3) is 0 Å². The van der Waals surface area contributed by atoms with Crippen LogP contribution >= 0.6 is 0 Å². The fraction of sp³-hybridized carbons (Fsp3) is 0.500. The zero-order valence-electron chi connectivity index (χ0n) is 10.5. The molecule has 0 aliphatic carbocycles. The third kappa shape index (κ3) is 2.38. The standard InChI is InChI=1S/C12H17N3O3/c1-12(2)8-18-4-3-14(12)10-5-9(13)6-11(7-10)15(16)17/h5-7H,3-4,8,13H2,1-2H3. The number of hydrogen-bond donors (Lipinski definition) is 1. The van der Waals surface area contributed by atoms with E-state index in [2.05, 4.69) is 4.90 Å². The first kappa shape index (κ1) is 12.6. The summed E-state index contributed by atoms with van der Waals surface area (Å²) in [5.74, 6) is 0. The van der Waals surface area contributed by atoms with Gasteiger partial charge in [0.15, 0.2) is 0 Å². The lowest BCUT2D eigenvalue weighted by Crippen LogP contribution is -2.53. The molecule has 0 aromatic heterocycles. The number of benzene rings is 1. The molecule has 0 bridgehead atoms. The predicted octanol–water partition coefficient (Wildman–Crippen LogP) is 1.79. The van der Waals surface area contributed by atoms with E-state index < -0.39 is 4.92 Å². The number of non-ortho nitro benzene ring substituents is 1. The molecule has 2 rings (SSSR count). The highest BCUT2D eigenvalue weighted by atomic mass is 16.6. The number of nitrogen functional groups attached to an aromatic ring is 1. The number of nitrogens with two attached hydrogens (primary N) is 1. The highest BCUT2D eigenvalue weighted by Crippen LogP contribution is 2.31. The number of nitrogens with zero attached hydrogens (tertiary/aromatic N) is 2. The van der Waals surface area contributed by atoms with Gasteiger partial charge in [0.2, 0.25) is 0 Å². The number of nitro benzene ring substituents is 1. The number of rotatable bonds is 2. The molecule has 1 heterocycles. The van der Waals surface area contributed by atoms with Gasteiger partial charge in [0.1, 0.15) is 0 Å². The summed E-state index contributed by atoms with van der Waals surface area (Å²) in [6.07, 6.45) is 0. The van der Waals surface area contributed by atoms with Crippen LogP contribution in [-0.4, -0.2) is 30.2 Å². The van der Waals surface area contributed by atoms with Gasteiger partial charge in [0, 0.05) is 30.1 Å². The van der Waals surface area contributed by atoms with Gasteiger partial charge >= 0.3 is 0 Å². The van der Waals surface area contributed by atoms with E-state index in [0.717, 1.165) is 5.69 Å². The highest BCUT2D eigenvalue weighted by Gasteiger charge is 2.31. The number of nitro groups is 1. The Morgan fingerprint density at radius 2 is 2.17 bits per heavy atom. The molecule has 1 saturated heterocycles. The lowest BCUT2D eigenvalue weighted by atomic mass is 10.0. The second kappa shape index (κ2) is 4.45. The van der Waals surface area contributed by atoms with Gasteiger partial charge in [-0.2, -0.15) is 0 Å². The topological polar surface area (TPSA) is 81.6 Å². The Labute approximate surface area is 105 Å². The normalized spacial score (nSPS) is 18.7. The van der Waals surface area contributed by atoms with Crippen LogP contribution in [-0.2, 0) is 4.74 Å². The van der Waals surface area contributed by atoms with Gasteiger partial charge in [0.25, 0.3) is 5.69 Å². The molecule has 18 heavy (non-hydrogen) atoms. The summed E-state index contributed by atoms with van der Waals surface area (Å²) in [5, 5.41) is 10.9. The monoisotopic (exact) mass is 251 g/mol. The van der Waals surface area contributed by atoms with Crippen LogP contribution in [0.15, 0.2) is 18.2 Å². The van der Waals surface area contributed by atoms with E-state index in [9.17, 15) is 10.1 Å². The van der Waals surface area contributed by atoms with Gasteiger partial charge in [-0.25, -0.2) is 0 Å². The second-order valence-corrected chi connectivity index (χ2v) is 5.06. The van der Waals surface area contributed by atoms with Crippen molar-refractivity contribution in [3.05, 3.63) is 28.3 Å². The summed E-state index contributed by atoms with van der Waals surface area (Å²) in [6.45, 7) is 6.00. The molecule has 2 N–H and O–H groups in total. The van der Waals surface area contributed by atoms with Gasteiger partial charge in [-0.05, 0) is 19.9 Å². The Morgan fingerprint density at radius 1 is 1.44 bits per heavy atom. The van der Waals surface area contributed by atoms with Crippen molar-refractivity contribution in [2.24, 2.45) is 0 Å². The van der Waals surface area contributed by atoms with Crippen molar-refractivity contribution in [2.45, 2.75) is 19.4 Å². The van der Waals surface area contributed by atoms with E-state index >= 15 is 0 Å². The molecule has 0 atom stereocenters. The minimum Gasteiger partial charge on any atom is -0.398 e. The van der Waals surface area contributed by atoms with E-state index in [4.69, 9.17) is 10.5 Å². The molecular formula is C12H17N3O3. The SMILES string of the molecule is CC1(C)COCCN1c1cc(N)cc([N+](=O)[O-])c1. The van der Waals surface area contributed by atoms with E-state index in [1.54, 1.807) is 12.1 Å². The number of ether oxygens (including phenoxy) is 1. The summed E-state index contributed by atoms with van der Waals surface area (Å²) in [5.41, 5.74) is 6.73. The van der Waals surface area contributed by atoms with Gasteiger partial charge in [-0.3, -0.25) is 10.1 Å². The average molecular weight is 251 g/mol. The minimum absolute atomic E-state index is 0.0206. The molecule has 1 fully saturated rings. The molecule has 6 heteroatoms. The summed E-state index contributed by atoms with van der Waals surface area (Å²) in [7, 11) is 0. The summed E-state index contributed by atoms with van der Waals surface area (Å²) in [6, 6.07) is 4.69. The quantitative estimate of drug-likeness (QED) is 0.492. The number of anilines is 2. The van der Waals surface area contributed by atoms with Crippen molar-refractivity contribution in [3.63, 3.8) is 0 Å². The van der Waals surface area contributed by atoms with E-state index in [1.807, 2.05) is 13.8 Å². The van der Waals surface area contributed by atoms with Crippen LogP contribution in [0.5, 0.6) is 0 Å². The van der Waals surface area contributed by atoms with Crippen LogP contribution in [0.4, 0.5) is 17.1 Å². The number of morpholine rings is 1. The van der Waals surface area contributed by atoms with Crippen molar-refractivity contribution in [2.75, 3.05) is 30.4 Å². The molecule has 1 aliphatic rings. The Bertz CT molecular complexity index is 474. The van der Waals surface area contributed by atoms with Crippen LogP contribution in [0.3, 0.4) is 0 Å². The lowest BCUT2D eigenvalue weighted by Gasteiger charge is -2.43. The molecule has 0 saturated carbocycles. The highest BCUT2D eigenvalue weighted by molar-refractivity contribution is 5.63. The Hall–Kier alpha value is -1.82. The first-order valence-corrected chi connectivity index (χ1v) is 5.80. The summed E-state index contributed by atoms with van der Waals surface area (Å²) >= 11 is 0. The lowest BCUT2D eigenvalue weighted by molar-refractivity contribution is -0.384. The Kier molecular flexibility index (Phi) is 3.13. The van der Waals surface area contributed by atoms with E-state index in [-0.39, 0.29) is 11.2 Å². The van der Waals surface area contributed by atoms with Crippen molar-refractivity contribution >= 4 is 17.1 Å². The van der Waals surface area contributed by atoms with Gasteiger partial charge in [0.05, 0.1) is 23.7 Å². The largest absolute Gasteiger partial charge is 0.398 e. The first-order valence-electron chi connectivity index (χ1n) is 5.80. The van der Waals surface area contributed by atoms with Crippen LogP contribution in [0.2, 0.25) is 0 Å². The van der Waals surface area contributed by atoms with Crippen molar-refractivity contribution in [3.8, 4) is 0 Å². The molecule has 0 spiro atoms. The zero-order chi connectivity index (χ0) is 13.3. The average Bonchev–Trinajstić information content (AvgIpc) is 2.27. The molecule has 6 nitrogen and oxygen atoms in total. The smallest absolute Gasteiger partial charge is 0.273 e. The van der Waals surface area contributed by atoms with E-state index in [0.29, 0.717) is 25.4 Å². The summed E-state index contributed by atoms with van der Waals surface area (Å²) < 4.78 is 5.44. The van der Waals surface area contributed by atoms with Crippen molar-refractivity contribution in [1.82, 2.24) is 0 Å². The van der Waals surface area contributed by atoms with Gasteiger partial charge in [-0.1, -0.05) is 0 Å². The molecule has 1 aromatic carbocycles. The molecular weight excluding hydrogens is 234 g/mol. The summed E-state index contributed by atoms with van der Waals surface area (Å²) in [4.78, 5) is 12.5. The Morgan fingerprint density at radius 3 is 2.78 bits per heavy atom. The molecule has 0 unspecified atom stereocenters. The maximum Gasteiger partial charge on any atom is 0.273 e. The maximum absolute atomic E-state index is 10.9. The first-order chi connectivity index (χ1) is 8.40. The molecule has 1 aliphatic heterocycles. The fourth-order valence-corrected chi connectivity index (χ4v) is 2.22. The third-order valence-electron chi connectivity index (χ3n) is 3.09. The number of hydrogen-bond acceptors (Lipinski definition) is 5. The Balaban J connectivity index is 2.40. The van der Waals surface area contributed by atoms with E-state index in [1.165, 1.54) is 6.07 Å². The van der Waals surface area contributed by atoms with Crippen molar-refractivity contribution < 1.29 is 9.66 Å². The predicted molar refractivity (Wildman–Crippen MR) is 69.8 cm³/mol. The molecule has 1 aromatic rings. The molecule has 98 valence electrons. The third-order valence-corrected chi connectivity index (χ3v) is 3.09. The molecule has 0 radical (unpaired) electrons.